The summed E-state index contributed by atoms with van der Waals surface area (Å²) in [5.74, 6) is 0.905. The van der Waals surface area contributed by atoms with Gasteiger partial charge in [0.25, 0.3) is 0 Å². The number of nitrogens with one attached hydrogen (secondary N) is 1. The molecule has 1 unspecified atom stereocenters. The molecule has 2 aliphatic heterocycles. The van der Waals surface area contributed by atoms with Crippen molar-refractivity contribution in [2.24, 2.45) is 5.92 Å². The number of ether oxygens (including phenoxy) is 1. The van der Waals surface area contributed by atoms with Crippen LogP contribution in [0.15, 0.2) is 6.20 Å². The molecule has 1 aromatic heterocycles. The molecule has 3 fully saturated rings. The lowest BCUT2D eigenvalue weighted by atomic mass is 9.93. The van der Waals surface area contributed by atoms with E-state index in [0.717, 1.165) is 57.5 Å². The third-order valence-electron chi connectivity index (χ3n) is 5.53. The van der Waals surface area contributed by atoms with Gasteiger partial charge in [-0.1, -0.05) is 0 Å². The number of amides is 1. The van der Waals surface area contributed by atoms with Gasteiger partial charge in [0.1, 0.15) is 0 Å². The molecule has 0 spiro atoms. The highest BCUT2D eigenvalue weighted by molar-refractivity contribution is 7.15. The van der Waals surface area contributed by atoms with E-state index in [1.807, 2.05) is 17.5 Å². The van der Waals surface area contributed by atoms with Crippen LogP contribution < -0.4 is 10.2 Å². The molecule has 1 atom stereocenters. The van der Waals surface area contributed by atoms with Gasteiger partial charge in [0.15, 0.2) is 5.13 Å². The Kier molecular flexibility index (Phi) is 6.07. The maximum Gasteiger partial charge on any atom is 0.220 e. The van der Waals surface area contributed by atoms with Crippen LogP contribution in [0.5, 0.6) is 0 Å². The largest absolute Gasteiger partial charge is 0.378 e. The van der Waals surface area contributed by atoms with E-state index in [1.54, 1.807) is 0 Å². The van der Waals surface area contributed by atoms with Gasteiger partial charge in [-0.25, -0.2) is 4.98 Å². The maximum atomic E-state index is 11.9. The predicted molar refractivity (Wildman–Crippen MR) is 104 cm³/mol. The first kappa shape index (κ1) is 18.2. The molecule has 1 saturated carbocycles. The van der Waals surface area contributed by atoms with Crippen LogP contribution in [0.2, 0.25) is 0 Å². The van der Waals surface area contributed by atoms with E-state index in [9.17, 15) is 4.79 Å². The zero-order valence-corrected chi connectivity index (χ0v) is 16.3. The van der Waals surface area contributed by atoms with Crippen LogP contribution in [0.3, 0.4) is 0 Å². The maximum absolute atomic E-state index is 11.9. The molecule has 3 aliphatic rings. The van der Waals surface area contributed by atoms with Crippen molar-refractivity contribution in [2.45, 2.75) is 51.1 Å². The first-order valence-electron chi connectivity index (χ1n) is 10.1. The lowest BCUT2D eigenvalue weighted by Gasteiger charge is -2.32. The number of rotatable bonds is 7. The summed E-state index contributed by atoms with van der Waals surface area (Å²) in [4.78, 5) is 22.8. The zero-order valence-electron chi connectivity index (χ0n) is 15.5. The fourth-order valence-electron chi connectivity index (χ4n) is 3.88. The van der Waals surface area contributed by atoms with Gasteiger partial charge in [0.05, 0.1) is 13.2 Å². The van der Waals surface area contributed by atoms with E-state index in [-0.39, 0.29) is 5.91 Å². The lowest BCUT2D eigenvalue weighted by molar-refractivity contribution is -0.121. The highest BCUT2D eigenvalue weighted by atomic mass is 32.1. The monoisotopic (exact) mass is 378 g/mol. The van der Waals surface area contributed by atoms with E-state index in [2.05, 4.69) is 20.1 Å². The molecular formula is C19H30N4O2S. The molecule has 1 N–H and O–H groups in total. The fourth-order valence-corrected chi connectivity index (χ4v) is 4.89. The third-order valence-corrected chi connectivity index (χ3v) is 6.57. The van der Waals surface area contributed by atoms with Crippen molar-refractivity contribution >= 4 is 22.4 Å². The van der Waals surface area contributed by atoms with Gasteiger partial charge >= 0.3 is 0 Å². The fraction of sp³-hybridized carbons (Fsp3) is 0.789. The van der Waals surface area contributed by atoms with Crippen molar-refractivity contribution in [3.8, 4) is 0 Å². The number of hydrogen-bond donors (Lipinski definition) is 1. The van der Waals surface area contributed by atoms with Crippen molar-refractivity contribution in [1.82, 2.24) is 15.2 Å². The zero-order chi connectivity index (χ0) is 17.8. The summed E-state index contributed by atoms with van der Waals surface area (Å²) >= 11 is 1.82. The number of thiazole rings is 1. The molecule has 6 nitrogen and oxygen atoms in total. The third kappa shape index (κ3) is 5.18. The Hall–Kier alpha value is -1.18. The molecule has 144 valence electrons. The number of likely N-dealkylation sites (tertiary alicyclic amines) is 1. The summed E-state index contributed by atoms with van der Waals surface area (Å²) in [5.41, 5.74) is 0. The van der Waals surface area contributed by atoms with Crippen LogP contribution in [-0.4, -0.2) is 61.2 Å². The number of carbonyl (C=O) groups excluding carboxylic acids is 1. The van der Waals surface area contributed by atoms with Gasteiger partial charge < -0.3 is 15.0 Å². The summed E-state index contributed by atoms with van der Waals surface area (Å²) in [6.45, 7) is 6.77. The molecule has 1 amide bonds. The number of piperidine rings is 1. The minimum absolute atomic E-state index is 0.252. The van der Waals surface area contributed by atoms with Gasteiger partial charge in [-0.05, 0) is 44.6 Å². The highest BCUT2D eigenvalue weighted by Gasteiger charge is 2.25. The van der Waals surface area contributed by atoms with Crippen molar-refractivity contribution in [3.63, 3.8) is 0 Å². The van der Waals surface area contributed by atoms with E-state index in [1.165, 1.54) is 30.6 Å². The Morgan fingerprint density at radius 2 is 2.12 bits per heavy atom. The van der Waals surface area contributed by atoms with Crippen LogP contribution in [0, 0.1) is 5.92 Å². The second kappa shape index (κ2) is 8.67. The quantitative estimate of drug-likeness (QED) is 0.789. The molecule has 1 aliphatic carbocycles. The highest BCUT2D eigenvalue weighted by Crippen LogP contribution is 2.27. The van der Waals surface area contributed by atoms with Crippen LogP contribution in [0.1, 0.15) is 43.4 Å². The standard InChI is InChI=1S/C19H30N4O2S/c24-18(21-16-4-5-16)6-3-15-2-1-7-22(13-15)14-17-12-20-19(26-17)23-8-10-25-11-9-23/h12,15-16H,1-11,13-14H2,(H,21,24). The second-order valence-electron chi connectivity index (χ2n) is 7.83. The number of morpholine rings is 1. The molecule has 2 saturated heterocycles. The van der Waals surface area contributed by atoms with Gasteiger partial charge in [-0.3, -0.25) is 9.69 Å². The number of aromatic nitrogens is 1. The van der Waals surface area contributed by atoms with Crippen molar-refractivity contribution in [2.75, 3.05) is 44.3 Å². The van der Waals surface area contributed by atoms with Crippen LogP contribution in [0.25, 0.3) is 0 Å². The molecule has 0 bridgehead atoms. The van der Waals surface area contributed by atoms with Crippen LogP contribution in [0.4, 0.5) is 5.13 Å². The van der Waals surface area contributed by atoms with Crippen molar-refractivity contribution in [1.29, 1.82) is 0 Å². The Morgan fingerprint density at radius 1 is 1.27 bits per heavy atom. The molecule has 0 radical (unpaired) electrons. The van der Waals surface area contributed by atoms with E-state index in [0.29, 0.717) is 18.4 Å². The average molecular weight is 379 g/mol. The molecule has 1 aromatic rings. The molecule has 3 heterocycles. The minimum Gasteiger partial charge on any atom is -0.378 e. The van der Waals surface area contributed by atoms with Gasteiger partial charge in [0, 0.05) is 49.7 Å². The topological polar surface area (TPSA) is 57.7 Å². The van der Waals surface area contributed by atoms with Gasteiger partial charge in [-0.2, -0.15) is 0 Å². The normalized spacial score (nSPS) is 24.6. The lowest BCUT2D eigenvalue weighted by Crippen LogP contribution is -2.36. The SMILES string of the molecule is O=C(CCC1CCCN(Cc2cnc(N3CCOCC3)s2)C1)NC1CC1. The Bertz CT molecular complexity index is 598. The number of carbonyl (C=O) groups is 1. The van der Waals surface area contributed by atoms with E-state index in [4.69, 9.17) is 4.74 Å². The van der Waals surface area contributed by atoms with E-state index >= 15 is 0 Å². The smallest absolute Gasteiger partial charge is 0.220 e. The molecular weight excluding hydrogens is 348 g/mol. The number of nitrogens with zero attached hydrogens (tertiary/aromatic N) is 3. The average Bonchev–Trinajstić information content (AvgIpc) is 3.36. The first-order chi connectivity index (χ1) is 12.8. The minimum atomic E-state index is 0.252. The summed E-state index contributed by atoms with van der Waals surface area (Å²) in [6, 6.07) is 0.484. The Morgan fingerprint density at radius 3 is 2.92 bits per heavy atom. The molecule has 26 heavy (non-hydrogen) atoms. The van der Waals surface area contributed by atoms with Gasteiger partial charge in [-0.15, -0.1) is 11.3 Å². The summed E-state index contributed by atoms with van der Waals surface area (Å²) in [5, 5.41) is 4.24. The number of anilines is 1. The number of hydrogen-bond acceptors (Lipinski definition) is 6. The van der Waals surface area contributed by atoms with Crippen molar-refractivity contribution < 1.29 is 9.53 Å². The van der Waals surface area contributed by atoms with Crippen LogP contribution in [-0.2, 0) is 16.1 Å². The summed E-state index contributed by atoms with van der Waals surface area (Å²) < 4.78 is 5.42. The van der Waals surface area contributed by atoms with E-state index < -0.39 is 0 Å². The summed E-state index contributed by atoms with van der Waals surface area (Å²) in [7, 11) is 0. The molecule has 0 aromatic carbocycles. The van der Waals surface area contributed by atoms with Crippen molar-refractivity contribution in [3.05, 3.63) is 11.1 Å². The van der Waals surface area contributed by atoms with Crippen LogP contribution >= 0.6 is 11.3 Å². The summed E-state index contributed by atoms with van der Waals surface area (Å²) in [6.07, 6.45) is 8.60. The predicted octanol–water partition coefficient (Wildman–Crippen LogP) is 2.25. The second-order valence-corrected chi connectivity index (χ2v) is 8.93. The first-order valence-corrected chi connectivity index (χ1v) is 10.9. The molecule has 7 heteroatoms. The van der Waals surface area contributed by atoms with Gasteiger partial charge in [0.2, 0.25) is 5.91 Å². The molecule has 4 rings (SSSR count). The Labute approximate surface area is 159 Å². The Balaban J connectivity index is 1.22.